The third-order valence-electron chi connectivity index (χ3n) is 8.65. The molecule has 3 amide bonds. The fraction of sp³-hybridized carbons (Fsp3) is 0.469. The Hall–Kier alpha value is -4.30. The van der Waals surface area contributed by atoms with Gasteiger partial charge in [0.1, 0.15) is 5.69 Å². The first-order valence-corrected chi connectivity index (χ1v) is 17.0. The molecule has 3 heterocycles. The molecule has 0 aliphatic carbocycles. The minimum absolute atomic E-state index is 0.0150. The number of benzene rings is 2. The van der Waals surface area contributed by atoms with Gasteiger partial charge in [-0.15, -0.1) is 0 Å². The monoisotopic (exact) mass is 654 g/mol. The van der Waals surface area contributed by atoms with Crippen molar-refractivity contribution in [2.75, 3.05) is 62.7 Å². The second-order valence-corrected chi connectivity index (χ2v) is 14.9. The van der Waals surface area contributed by atoms with Crippen LogP contribution in [0.15, 0.2) is 36.4 Å². The molecule has 2 saturated heterocycles. The lowest BCUT2D eigenvalue weighted by Crippen LogP contribution is -2.58. The van der Waals surface area contributed by atoms with E-state index in [-0.39, 0.29) is 47.7 Å². The van der Waals surface area contributed by atoms with Crippen molar-refractivity contribution in [2.24, 2.45) is 13.0 Å². The van der Waals surface area contributed by atoms with Crippen LogP contribution < -0.4 is 14.8 Å². The van der Waals surface area contributed by atoms with Crippen molar-refractivity contribution in [3.63, 3.8) is 0 Å². The van der Waals surface area contributed by atoms with Gasteiger partial charge >= 0.3 is 6.09 Å². The largest absolute Gasteiger partial charge is 0.492 e. The lowest BCUT2D eigenvalue weighted by Gasteiger charge is -2.41. The summed E-state index contributed by atoms with van der Waals surface area (Å²) in [5.74, 6) is -0.409. The number of amides is 3. The fourth-order valence-corrected chi connectivity index (χ4v) is 6.65. The lowest BCUT2D eigenvalue weighted by atomic mass is 9.86. The van der Waals surface area contributed by atoms with Crippen LogP contribution >= 0.6 is 0 Å². The molecule has 0 radical (unpaired) electrons. The number of carbonyl (C=O) groups excluding carboxylic acids is 2. The molecule has 2 fully saturated rings. The molecular formula is C32H42N6O7S. The lowest BCUT2D eigenvalue weighted by molar-refractivity contribution is -0.141. The molecule has 1 aromatic heterocycles. The number of carbonyl (C=O) groups is 3. The Labute approximate surface area is 269 Å². The van der Waals surface area contributed by atoms with Gasteiger partial charge in [0.05, 0.1) is 36.2 Å². The molecule has 248 valence electrons. The van der Waals surface area contributed by atoms with E-state index in [9.17, 15) is 22.8 Å². The normalized spacial score (nSPS) is 16.3. The molecule has 3 aromatic rings. The van der Waals surface area contributed by atoms with E-state index < -0.39 is 16.1 Å². The number of ether oxygens (including phenoxy) is 1. The second kappa shape index (κ2) is 12.5. The van der Waals surface area contributed by atoms with Crippen LogP contribution in [0.5, 0.6) is 5.75 Å². The third-order valence-corrected chi connectivity index (χ3v) is 9.24. The van der Waals surface area contributed by atoms with Gasteiger partial charge in [-0.25, -0.2) is 13.2 Å². The zero-order chi connectivity index (χ0) is 33.6. The predicted molar refractivity (Wildman–Crippen MR) is 176 cm³/mol. The topological polar surface area (TPSA) is 154 Å². The van der Waals surface area contributed by atoms with E-state index in [1.54, 1.807) is 12.1 Å². The first kappa shape index (κ1) is 33.1. The van der Waals surface area contributed by atoms with Crippen molar-refractivity contribution < 1.29 is 32.6 Å². The first-order valence-electron chi connectivity index (χ1n) is 15.1. The van der Waals surface area contributed by atoms with Crippen LogP contribution in [0.3, 0.4) is 0 Å². The number of aryl methyl sites for hydroxylation is 1. The molecule has 0 unspecified atom stereocenters. The highest BCUT2D eigenvalue weighted by molar-refractivity contribution is 7.92. The smallest absolute Gasteiger partial charge is 0.407 e. The van der Waals surface area contributed by atoms with Crippen molar-refractivity contribution in [3.05, 3.63) is 53.2 Å². The number of methoxy groups -OCH3 is 1. The Bertz CT molecular complexity index is 1780. The van der Waals surface area contributed by atoms with Crippen LogP contribution in [0, 0.1) is 5.92 Å². The van der Waals surface area contributed by atoms with Gasteiger partial charge in [0.25, 0.3) is 5.91 Å². The summed E-state index contributed by atoms with van der Waals surface area (Å²) < 4.78 is 34.2. The number of aromatic nitrogens is 1. The molecule has 0 bridgehead atoms. The van der Waals surface area contributed by atoms with Crippen LogP contribution in [0.1, 0.15) is 42.4 Å². The van der Waals surface area contributed by atoms with Gasteiger partial charge < -0.3 is 29.5 Å². The summed E-state index contributed by atoms with van der Waals surface area (Å²) in [4.78, 5) is 43.0. The van der Waals surface area contributed by atoms with E-state index in [2.05, 4.69) is 14.9 Å². The summed E-state index contributed by atoms with van der Waals surface area (Å²) in [6, 6.07) is 11.3. The van der Waals surface area contributed by atoms with E-state index in [0.29, 0.717) is 44.1 Å². The average molecular weight is 655 g/mol. The van der Waals surface area contributed by atoms with Crippen molar-refractivity contribution >= 4 is 50.2 Å². The molecule has 0 spiro atoms. The summed E-state index contributed by atoms with van der Waals surface area (Å²) in [6.45, 7) is 9.66. The maximum atomic E-state index is 13.8. The number of nitrogens with zero attached hydrogens (tertiary/aromatic N) is 4. The number of nitrogens with one attached hydrogen (secondary N) is 2. The van der Waals surface area contributed by atoms with Gasteiger partial charge in [-0.1, -0.05) is 39.0 Å². The fourth-order valence-electron chi connectivity index (χ4n) is 6.10. The molecule has 13 nitrogen and oxygen atoms in total. The van der Waals surface area contributed by atoms with E-state index in [0.717, 1.165) is 28.3 Å². The number of piperazine rings is 1. The van der Waals surface area contributed by atoms with E-state index in [4.69, 9.17) is 9.84 Å². The maximum absolute atomic E-state index is 13.8. The average Bonchev–Trinajstić information content (AvgIpc) is 3.28. The highest BCUT2D eigenvalue weighted by Gasteiger charge is 2.38. The summed E-state index contributed by atoms with van der Waals surface area (Å²) in [7, 11) is -0.349. The van der Waals surface area contributed by atoms with Crippen LogP contribution in [0.2, 0.25) is 0 Å². The summed E-state index contributed by atoms with van der Waals surface area (Å²) in [5, 5.41) is 12.9. The van der Waals surface area contributed by atoms with Crippen molar-refractivity contribution in [3.8, 4) is 5.75 Å². The predicted octanol–water partition coefficient (Wildman–Crippen LogP) is 3.36. The van der Waals surface area contributed by atoms with Crippen molar-refractivity contribution in [1.82, 2.24) is 19.3 Å². The summed E-state index contributed by atoms with van der Waals surface area (Å²) >= 11 is 0. The molecule has 5 rings (SSSR count). The summed E-state index contributed by atoms with van der Waals surface area (Å²) in [5.41, 5.74) is 3.45. The van der Waals surface area contributed by atoms with Crippen LogP contribution in [-0.2, 0) is 33.8 Å². The van der Waals surface area contributed by atoms with Crippen molar-refractivity contribution in [1.29, 1.82) is 0 Å². The second-order valence-electron chi connectivity index (χ2n) is 13.1. The Morgan fingerprint density at radius 3 is 2.24 bits per heavy atom. The molecule has 0 atom stereocenters. The number of hydrogen-bond donors (Lipinski definition) is 3. The molecule has 0 saturated carbocycles. The molecule has 46 heavy (non-hydrogen) atoms. The molecule has 2 aromatic carbocycles. The Kier molecular flexibility index (Phi) is 8.97. The van der Waals surface area contributed by atoms with E-state index in [1.165, 1.54) is 12.0 Å². The molecule has 2 aliphatic rings. The highest BCUT2D eigenvalue weighted by atomic mass is 32.2. The molecule has 14 heteroatoms. The van der Waals surface area contributed by atoms with Crippen LogP contribution in [0.4, 0.5) is 16.2 Å². The number of hydrogen-bond acceptors (Lipinski definition) is 7. The number of anilines is 2. The van der Waals surface area contributed by atoms with Crippen LogP contribution in [0.25, 0.3) is 10.9 Å². The van der Waals surface area contributed by atoms with Gasteiger partial charge in [0, 0.05) is 58.2 Å². The number of para-hydroxylation sites is 1. The number of carboxylic acid groups (broad SMARTS) is 1. The van der Waals surface area contributed by atoms with Crippen molar-refractivity contribution in [2.45, 2.75) is 32.7 Å². The first-order chi connectivity index (χ1) is 21.6. The number of fused-ring (bicyclic) bond motifs is 1. The van der Waals surface area contributed by atoms with E-state index >= 15 is 0 Å². The van der Waals surface area contributed by atoms with E-state index in [1.807, 2.05) is 61.6 Å². The molecule has 2 aliphatic heterocycles. The standard InChI is InChI=1S/C32H42N6O7S/c1-32(2,3)23-15-24(28(45-5)25(16-23)34-46(6,43)44)33-29(39)26-14-20-8-7-9-21(27(20)35(26)4)17-36-10-12-37(13-11-36)30(40)22-18-38(19-22)31(41)42/h7-9,14-16,22,34H,10-13,17-19H2,1-6H3,(H,33,39)(H,41,42). The Morgan fingerprint density at radius 1 is 1.00 bits per heavy atom. The highest BCUT2D eigenvalue weighted by Crippen LogP contribution is 2.39. The van der Waals surface area contributed by atoms with Gasteiger partial charge in [-0.05, 0) is 34.7 Å². The number of sulfonamides is 1. The zero-order valence-electron chi connectivity index (χ0n) is 27.1. The maximum Gasteiger partial charge on any atom is 0.407 e. The quantitative estimate of drug-likeness (QED) is 0.334. The number of rotatable bonds is 8. The van der Waals surface area contributed by atoms with Gasteiger partial charge in [-0.2, -0.15) is 0 Å². The van der Waals surface area contributed by atoms with Gasteiger partial charge in [0.15, 0.2) is 5.75 Å². The van der Waals surface area contributed by atoms with Gasteiger partial charge in [0.2, 0.25) is 15.9 Å². The zero-order valence-corrected chi connectivity index (χ0v) is 27.9. The minimum atomic E-state index is -3.62. The Balaban J connectivity index is 1.33. The minimum Gasteiger partial charge on any atom is -0.492 e. The summed E-state index contributed by atoms with van der Waals surface area (Å²) in [6.07, 6.45) is 0.0713. The molecular weight excluding hydrogens is 612 g/mol. The SMILES string of the molecule is COc1c(NC(=O)c2cc3cccc(CN4CCN(C(=O)C5CN(C(=O)O)C5)CC4)c3n2C)cc(C(C)(C)C)cc1NS(C)(=O)=O. The number of likely N-dealkylation sites (tertiary alicyclic amines) is 1. The van der Waals surface area contributed by atoms with Crippen LogP contribution in [-0.4, -0.2) is 103 Å². The third kappa shape index (κ3) is 6.92. The van der Waals surface area contributed by atoms with Gasteiger partial charge in [-0.3, -0.25) is 19.2 Å². The Morgan fingerprint density at radius 2 is 1.65 bits per heavy atom. The molecule has 3 N–H and O–H groups in total.